The standard InChI is InChI=1S/C20H23N3O2/c1-4-23-17-10-6-5-9-16(17)22-19(23)12-21-20(24)13-25-18-11-7-8-14(2)15(18)3/h5-11H,4,12-13H2,1-3H3,(H,21,24). The van der Waals surface area contributed by atoms with Crippen molar-refractivity contribution in [3.63, 3.8) is 0 Å². The van der Waals surface area contributed by atoms with E-state index in [9.17, 15) is 4.79 Å². The van der Waals surface area contributed by atoms with E-state index in [1.165, 1.54) is 0 Å². The molecule has 1 aromatic heterocycles. The minimum Gasteiger partial charge on any atom is -0.483 e. The van der Waals surface area contributed by atoms with Gasteiger partial charge in [-0.25, -0.2) is 4.98 Å². The van der Waals surface area contributed by atoms with E-state index in [1.807, 2.05) is 56.3 Å². The predicted octanol–water partition coefficient (Wildman–Crippen LogP) is 3.37. The molecule has 1 N–H and O–H groups in total. The number of fused-ring (bicyclic) bond motifs is 1. The highest BCUT2D eigenvalue weighted by molar-refractivity contribution is 5.78. The second kappa shape index (κ2) is 7.38. The molecular weight excluding hydrogens is 314 g/mol. The molecule has 5 heteroatoms. The predicted molar refractivity (Wildman–Crippen MR) is 98.7 cm³/mol. The van der Waals surface area contributed by atoms with Crippen LogP contribution in [0.4, 0.5) is 0 Å². The summed E-state index contributed by atoms with van der Waals surface area (Å²) in [6.07, 6.45) is 0. The summed E-state index contributed by atoms with van der Waals surface area (Å²) in [6, 6.07) is 13.8. The van der Waals surface area contributed by atoms with Crippen LogP contribution in [0.15, 0.2) is 42.5 Å². The minimum absolute atomic E-state index is 0.00333. The maximum atomic E-state index is 12.1. The molecule has 1 amide bonds. The van der Waals surface area contributed by atoms with Crippen molar-refractivity contribution >= 4 is 16.9 Å². The van der Waals surface area contributed by atoms with Crippen LogP contribution in [0, 0.1) is 13.8 Å². The van der Waals surface area contributed by atoms with Crippen molar-refractivity contribution in [3.05, 3.63) is 59.4 Å². The van der Waals surface area contributed by atoms with Crippen LogP contribution in [0.2, 0.25) is 0 Å². The van der Waals surface area contributed by atoms with E-state index in [2.05, 4.69) is 21.8 Å². The number of benzene rings is 2. The number of carbonyl (C=O) groups excluding carboxylic acids is 1. The first-order chi connectivity index (χ1) is 12.1. The van der Waals surface area contributed by atoms with Crippen LogP contribution in [0.1, 0.15) is 23.9 Å². The Labute approximate surface area is 147 Å². The van der Waals surface area contributed by atoms with Crippen LogP contribution in [-0.4, -0.2) is 22.1 Å². The number of hydrogen-bond donors (Lipinski definition) is 1. The summed E-state index contributed by atoms with van der Waals surface area (Å²) in [5, 5.41) is 2.89. The van der Waals surface area contributed by atoms with Crippen molar-refractivity contribution in [1.29, 1.82) is 0 Å². The van der Waals surface area contributed by atoms with Crippen molar-refractivity contribution in [2.24, 2.45) is 0 Å². The van der Waals surface area contributed by atoms with Gasteiger partial charge in [0.15, 0.2) is 6.61 Å². The molecule has 3 rings (SSSR count). The van der Waals surface area contributed by atoms with Crippen molar-refractivity contribution in [3.8, 4) is 5.75 Å². The molecule has 0 saturated heterocycles. The van der Waals surface area contributed by atoms with E-state index in [-0.39, 0.29) is 12.5 Å². The van der Waals surface area contributed by atoms with Crippen LogP contribution >= 0.6 is 0 Å². The summed E-state index contributed by atoms with van der Waals surface area (Å²) >= 11 is 0. The van der Waals surface area contributed by atoms with E-state index in [4.69, 9.17) is 4.74 Å². The number of nitrogens with zero attached hydrogens (tertiary/aromatic N) is 2. The lowest BCUT2D eigenvalue weighted by molar-refractivity contribution is -0.123. The molecule has 5 nitrogen and oxygen atoms in total. The number of hydrogen-bond acceptors (Lipinski definition) is 3. The van der Waals surface area contributed by atoms with Gasteiger partial charge in [-0.05, 0) is 50.1 Å². The van der Waals surface area contributed by atoms with Crippen LogP contribution in [-0.2, 0) is 17.9 Å². The Hall–Kier alpha value is -2.82. The van der Waals surface area contributed by atoms with E-state index in [0.29, 0.717) is 6.54 Å². The molecular formula is C20H23N3O2. The Morgan fingerprint density at radius 3 is 2.76 bits per heavy atom. The fourth-order valence-corrected chi connectivity index (χ4v) is 2.87. The summed E-state index contributed by atoms with van der Waals surface area (Å²) in [6.45, 7) is 7.28. The van der Waals surface area contributed by atoms with Gasteiger partial charge in [-0.15, -0.1) is 0 Å². The lowest BCUT2D eigenvalue weighted by Crippen LogP contribution is -2.29. The van der Waals surface area contributed by atoms with Gasteiger partial charge < -0.3 is 14.6 Å². The Morgan fingerprint density at radius 2 is 1.96 bits per heavy atom. The summed E-state index contributed by atoms with van der Waals surface area (Å²) in [5.41, 5.74) is 4.23. The second-order valence-electron chi connectivity index (χ2n) is 6.02. The number of aromatic nitrogens is 2. The Balaban J connectivity index is 1.62. The van der Waals surface area contributed by atoms with Gasteiger partial charge in [-0.2, -0.15) is 0 Å². The van der Waals surface area contributed by atoms with Gasteiger partial charge in [0.1, 0.15) is 11.6 Å². The molecule has 2 aromatic carbocycles. The molecule has 25 heavy (non-hydrogen) atoms. The van der Waals surface area contributed by atoms with E-state index in [1.54, 1.807) is 0 Å². The number of carbonyl (C=O) groups is 1. The fraction of sp³-hybridized carbons (Fsp3) is 0.300. The number of ether oxygens (including phenoxy) is 1. The molecule has 0 atom stereocenters. The van der Waals surface area contributed by atoms with Gasteiger partial charge in [0.25, 0.3) is 5.91 Å². The first-order valence-corrected chi connectivity index (χ1v) is 8.50. The highest BCUT2D eigenvalue weighted by atomic mass is 16.5. The lowest BCUT2D eigenvalue weighted by atomic mass is 10.1. The van der Waals surface area contributed by atoms with Gasteiger partial charge in [-0.1, -0.05) is 24.3 Å². The summed E-state index contributed by atoms with van der Waals surface area (Å²) in [5.74, 6) is 1.44. The van der Waals surface area contributed by atoms with E-state index >= 15 is 0 Å². The number of para-hydroxylation sites is 2. The molecule has 0 radical (unpaired) electrons. The topological polar surface area (TPSA) is 56.2 Å². The number of imidazole rings is 1. The maximum absolute atomic E-state index is 12.1. The van der Waals surface area contributed by atoms with Gasteiger partial charge in [0.05, 0.1) is 17.6 Å². The van der Waals surface area contributed by atoms with Crippen molar-refractivity contribution in [2.75, 3.05) is 6.61 Å². The van der Waals surface area contributed by atoms with Crippen LogP contribution in [0.5, 0.6) is 5.75 Å². The van der Waals surface area contributed by atoms with Gasteiger partial charge >= 0.3 is 0 Å². The lowest BCUT2D eigenvalue weighted by Gasteiger charge is -2.11. The first-order valence-electron chi connectivity index (χ1n) is 8.50. The minimum atomic E-state index is -0.157. The molecule has 3 aromatic rings. The number of rotatable bonds is 6. The largest absolute Gasteiger partial charge is 0.483 e. The van der Waals surface area contributed by atoms with Gasteiger partial charge in [0, 0.05) is 6.54 Å². The van der Waals surface area contributed by atoms with Gasteiger partial charge in [0.2, 0.25) is 0 Å². The normalized spacial score (nSPS) is 10.8. The smallest absolute Gasteiger partial charge is 0.258 e. The third-order valence-electron chi connectivity index (χ3n) is 4.41. The van der Waals surface area contributed by atoms with Crippen molar-refractivity contribution in [2.45, 2.75) is 33.9 Å². The molecule has 0 aliphatic heterocycles. The quantitative estimate of drug-likeness (QED) is 0.750. The summed E-state index contributed by atoms with van der Waals surface area (Å²) in [7, 11) is 0. The van der Waals surface area contributed by atoms with Crippen LogP contribution in [0.3, 0.4) is 0 Å². The average molecular weight is 337 g/mol. The third kappa shape index (κ3) is 3.65. The van der Waals surface area contributed by atoms with Gasteiger partial charge in [-0.3, -0.25) is 4.79 Å². The number of aryl methyl sites for hydroxylation is 2. The van der Waals surface area contributed by atoms with E-state index in [0.717, 1.165) is 40.3 Å². The van der Waals surface area contributed by atoms with Crippen molar-refractivity contribution in [1.82, 2.24) is 14.9 Å². The zero-order chi connectivity index (χ0) is 17.8. The Kier molecular flexibility index (Phi) is 5.03. The molecule has 0 fully saturated rings. The highest BCUT2D eigenvalue weighted by Crippen LogP contribution is 2.20. The molecule has 0 aliphatic carbocycles. The zero-order valence-electron chi connectivity index (χ0n) is 14.9. The molecule has 0 aliphatic rings. The van der Waals surface area contributed by atoms with E-state index < -0.39 is 0 Å². The fourth-order valence-electron chi connectivity index (χ4n) is 2.87. The number of nitrogens with one attached hydrogen (secondary N) is 1. The molecule has 0 unspecified atom stereocenters. The molecule has 1 heterocycles. The highest BCUT2D eigenvalue weighted by Gasteiger charge is 2.11. The van der Waals surface area contributed by atoms with Crippen molar-refractivity contribution < 1.29 is 9.53 Å². The molecule has 130 valence electrons. The molecule has 0 bridgehead atoms. The zero-order valence-corrected chi connectivity index (χ0v) is 14.9. The molecule has 0 saturated carbocycles. The maximum Gasteiger partial charge on any atom is 0.258 e. The SMILES string of the molecule is CCn1c(CNC(=O)COc2cccc(C)c2C)nc2ccccc21. The second-order valence-corrected chi connectivity index (χ2v) is 6.02. The third-order valence-corrected chi connectivity index (χ3v) is 4.41. The monoisotopic (exact) mass is 337 g/mol. The Bertz CT molecular complexity index is 899. The summed E-state index contributed by atoms with van der Waals surface area (Å²) in [4.78, 5) is 16.7. The van der Waals surface area contributed by atoms with Crippen LogP contribution < -0.4 is 10.1 Å². The average Bonchev–Trinajstić information content (AvgIpc) is 2.98. The number of amides is 1. The first kappa shape index (κ1) is 17.0. The van der Waals surface area contributed by atoms with Crippen LogP contribution in [0.25, 0.3) is 11.0 Å². The molecule has 0 spiro atoms. The summed E-state index contributed by atoms with van der Waals surface area (Å²) < 4.78 is 7.76. The Morgan fingerprint density at radius 1 is 1.16 bits per heavy atom.